The number of hydrogen-bond donors (Lipinski definition) is 1. The third-order valence-electron chi connectivity index (χ3n) is 3.44. The first kappa shape index (κ1) is 14.9. The molecule has 0 radical (unpaired) electrons. The summed E-state index contributed by atoms with van der Waals surface area (Å²) in [6.07, 6.45) is 5.33. The van der Waals surface area contributed by atoms with Crippen molar-refractivity contribution in [2.24, 2.45) is 5.92 Å². The summed E-state index contributed by atoms with van der Waals surface area (Å²) in [5.41, 5.74) is 0.857. The van der Waals surface area contributed by atoms with Crippen molar-refractivity contribution in [3.63, 3.8) is 0 Å². The molecule has 0 amide bonds. The van der Waals surface area contributed by atoms with Gasteiger partial charge in [0.15, 0.2) is 10.6 Å². The van der Waals surface area contributed by atoms with Crippen LogP contribution >= 0.6 is 12.2 Å². The van der Waals surface area contributed by atoms with E-state index in [2.05, 4.69) is 40.5 Å². The Bertz CT molecular complexity index is 585. The third-order valence-corrected chi connectivity index (χ3v) is 3.73. The van der Waals surface area contributed by atoms with E-state index in [-0.39, 0.29) is 0 Å². The predicted molar refractivity (Wildman–Crippen MR) is 84.0 cm³/mol. The summed E-state index contributed by atoms with van der Waals surface area (Å²) in [5.74, 6) is 1.57. The predicted octanol–water partition coefficient (Wildman–Crippen LogP) is 4.39. The van der Waals surface area contributed by atoms with Crippen molar-refractivity contribution in [1.29, 1.82) is 0 Å². The number of nitrogens with one attached hydrogen (secondary N) is 1. The SMILES string of the molecule is CC(C)CCCC(C)n1c(-c2ccccn2)n[nH]c1=S. The molecule has 2 rings (SSSR count). The van der Waals surface area contributed by atoms with E-state index in [9.17, 15) is 0 Å². The van der Waals surface area contributed by atoms with Gasteiger partial charge in [-0.2, -0.15) is 5.10 Å². The first-order chi connectivity index (χ1) is 9.59. The highest BCUT2D eigenvalue weighted by Crippen LogP contribution is 2.23. The van der Waals surface area contributed by atoms with Crippen molar-refractivity contribution >= 4 is 12.2 Å². The van der Waals surface area contributed by atoms with Crippen molar-refractivity contribution in [2.45, 2.75) is 46.1 Å². The average Bonchev–Trinajstić information content (AvgIpc) is 2.81. The minimum absolute atomic E-state index is 0.331. The Balaban J connectivity index is 2.19. The molecule has 0 aliphatic rings. The molecule has 0 saturated carbocycles. The van der Waals surface area contributed by atoms with Crippen LogP contribution in [-0.2, 0) is 0 Å². The largest absolute Gasteiger partial charge is 0.296 e. The standard InChI is InChI=1S/C15H22N4S/c1-11(2)7-6-8-12(3)19-14(17-18-15(19)20)13-9-4-5-10-16-13/h4-5,9-12H,6-8H2,1-3H3,(H,18,20). The normalized spacial score (nSPS) is 12.8. The fraction of sp³-hybridized carbons (Fsp3) is 0.533. The van der Waals surface area contributed by atoms with Crippen LogP contribution in [0.15, 0.2) is 24.4 Å². The molecule has 20 heavy (non-hydrogen) atoms. The number of rotatable bonds is 6. The van der Waals surface area contributed by atoms with Gasteiger partial charge in [-0.25, -0.2) is 0 Å². The fourth-order valence-corrected chi connectivity index (χ4v) is 2.65. The van der Waals surface area contributed by atoms with Crippen LogP contribution in [0.25, 0.3) is 11.5 Å². The molecule has 2 heterocycles. The second-order valence-corrected chi connectivity index (χ2v) is 6.00. The summed E-state index contributed by atoms with van der Waals surface area (Å²) in [4.78, 5) is 4.36. The number of pyridine rings is 1. The zero-order valence-electron chi connectivity index (χ0n) is 12.3. The summed E-state index contributed by atoms with van der Waals surface area (Å²) in [7, 11) is 0. The smallest absolute Gasteiger partial charge is 0.195 e. The van der Waals surface area contributed by atoms with E-state index < -0.39 is 0 Å². The van der Waals surface area contributed by atoms with E-state index >= 15 is 0 Å². The van der Waals surface area contributed by atoms with E-state index in [1.807, 2.05) is 18.2 Å². The number of H-pyrrole nitrogens is 1. The van der Waals surface area contributed by atoms with Gasteiger partial charge in [0.1, 0.15) is 5.69 Å². The van der Waals surface area contributed by atoms with Crippen molar-refractivity contribution in [1.82, 2.24) is 19.7 Å². The minimum atomic E-state index is 0.331. The van der Waals surface area contributed by atoms with E-state index in [0.29, 0.717) is 10.8 Å². The van der Waals surface area contributed by atoms with E-state index in [1.165, 1.54) is 12.8 Å². The molecule has 108 valence electrons. The van der Waals surface area contributed by atoms with Crippen LogP contribution in [0.2, 0.25) is 0 Å². The van der Waals surface area contributed by atoms with Gasteiger partial charge in [-0.3, -0.25) is 14.6 Å². The van der Waals surface area contributed by atoms with Gasteiger partial charge in [0.25, 0.3) is 0 Å². The first-order valence-electron chi connectivity index (χ1n) is 7.18. The molecule has 1 N–H and O–H groups in total. The Hall–Kier alpha value is -1.49. The van der Waals surface area contributed by atoms with Crippen LogP contribution in [0.3, 0.4) is 0 Å². The van der Waals surface area contributed by atoms with Gasteiger partial charge in [0.2, 0.25) is 0 Å². The van der Waals surface area contributed by atoms with Gasteiger partial charge in [0.05, 0.1) is 0 Å². The lowest BCUT2D eigenvalue weighted by Gasteiger charge is -2.15. The van der Waals surface area contributed by atoms with Crippen LogP contribution < -0.4 is 0 Å². The lowest BCUT2D eigenvalue weighted by atomic mass is 10.0. The third kappa shape index (κ3) is 3.54. The van der Waals surface area contributed by atoms with Gasteiger partial charge in [-0.1, -0.05) is 32.8 Å². The molecular formula is C15H22N4S. The summed E-state index contributed by atoms with van der Waals surface area (Å²) in [6, 6.07) is 6.16. The number of aromatic amines is 1. The quantitative estimate of drug-likeness (QED) is 0.803. The molecule has 4 nitrogen and oxygen atoms in total. The number of hydrogen-bond acceptors (Lipinski definition) is 3. The average molecular weight is 290 g/mol. The van der Waals surface area contributed by atoms with Gasteiger partial charge < -0.3 is 0 Å². The van der Waals surface area contributed by atoms with Crippen molar-refractivity contribution in [3.8, 4) is 11.5 Å². The van der Waals surface area contributed by atoms with Gasteiger partial charge in [0, 0.05) is 12.2 Å². The molecule has 0 aromatic carbocycles. The Labute approximate surface area is 125 Å². The fourth-order valence-electron chi connectivity index (χ4n) is 2.34. The van der Waals surface area contributed by atoms with Crippen LogP contribution in [-0.4, -0.2) is 19.7 Å². The molecule has 0 aliphatic heterocycles. The summed E-state index contributed by atoms with van der Waals surface area (Å²) in [6.45, 7) is 6.71. The van der Waals surface area contributed by atoms with Gasteiger partial charge in [-0.15, -0.1) is 0 Å². The van der Waals surface area contributed by atoms with Gasteiger partial charge in [-0.05, 0) is 43.6 Å². The molecule has 1 unspecified atom stereocenters. The molecule has 0 aliphatic carbocycles. The molecule has 1 atom stereocenters. The van der Waals surface area contributed by atoms with Crippen LogP contribution in [0.4, 0.5) is 0 Å². The van der Waals surface area contributed by atoms with E-state index in [0.717, 1.165) is 23.9 Å². The van der Waals surface area contributed by atoms with Crippen LogP contribution in [0, 0.1) is 10.7 Å². The highest BCUT2D eigenvalue weighted by Gasteiger charge is 2.15. The molecule has 0 saturated heterocycles. The van der Waals surface area contributed by atoms with Crippen molar-refractivity contribution in [3.05, 3.63) is 29.2 Å². The number of aromatic nitrogens is 4. The maximum atomic E-state index is 5.37. The summed E-state index contributed by atoms with van der Waals surface area (Å²) >= 11 is 5.37. The maximum Gasteiger partial charge on any atom is 0.195 e. The summed E-state index contributed by atoms with van der Waals surface area (Å²) < 4.78 is 2.75. The Morgan fingerprint density at radius 1 is 1.25 bits per heavy atom. The van der Waals surface area contributed by atoms with Crippen LogP contribution in [0.5, 0.6) is 0 Å². The van der Waals surface area contributed by atoms with E-state index in [4.69, 9.17) is 12.2 Å². The minimum Gasteiger partial charge on any atom is -0.296 e. The highest BCUT2D eigenvalue weighted by molar-refractivity contribution is 7.71. The molecule has 2 aromatic rings. The highest BCUT2D eigenvalue weighted by atomic mass is 32.1. The topological polar surface area (TPSA) is 46.5 Å². The second kappa shape index (κ2) is 6.79. The molecular weight excluding hydrogens is 268 g/mol. The zero-order chi connectivity index (χ0) is 14.5. The zero-order valence-corrected chi connectivity index (χ0v) is 13.2. The molecule has 2 aromatic heterocycles. The Morgan fingerprint density at radius 3 is 2.70 bits per heavy atom. The number of nitrogens with zero attached hydrogens (tertiary/aromatic N) is 3. The Kier molecular flexibility index (Phi) is 5.06. The van der Waals surface area contributed by atoms with Crippen molar-refractivity contribution < 1.29 is 0 Å². The summed E-state index contributed by atoms with van der Waals surface area (Å²) in [5, 5.41) is 7.23. The monoisotopic (exact) mass is 290 g/mol. The lowest BCUT2D eigenvalue weighted by Crippen LogP contribution is -2.08. The van der Waals surface area contributed by atoms with Crippen LogP contribution in [0.1, 0.15) is 46.1 Å². The van der Waals surface area contributed by atoms with Gasteiger partial charge >= 0.3 is 0 Å². The molecule has 0 spiro atoms. The van der Waals surface area contributed by atoms with E-state index in [1.54, 1.807) is 6.20 Å². The molecule has 0 fully saturated rings. The maximum absolute atomic E-state index is 5.37. The molecule has 0 bridgehead atoms. The van der Waals surface area contributed by atoms with Crippen molar-refractivity contribution in [2.75, 3.05) is 0 Å². The second-order valence-electron chi connectivity index (χ2n) is 5.61. The lowest BCUT2D eigenvalue weighted by molar-refractivity contribution is 0.446. The Morgan fingerprint density at radius 2 is 2.05 bits per heavy atom. The first-order valence-corrected chi connectivity index (χ1v) is 7.58. The molecule has 5 heteroatoms.